The van der Waals surface area contributed by atoms with Crippen LogP contribution in [0.2, 0.25) is 18.1 Å². The summed E-state index contributed by atoms with van der Waals surface area (Å²) in [5.74, 6) is -1.22. The molecule has 1 aliphatic rings. The normalized spacial score (nSPS) is 34.0. The first-order valence-corrected chi connectivity index (χ1v) is 10.5. The number of hydrogen-bond acceptors (Lipinski definition) is 5. The molecular formula is C15H30O5Si. The molecule has 1 saturated carbocycles. The Balaban J connectivity index is 2.91. The highest BCUT2D eigenvalue weighted by atomic mass is 28.4. The van der Waals surface area contributed by atoms with E-state index in [0.29, 0.717) is 6.42 Å². The van der Waals surface area contributed by atoms with Crippen molar-refractivity contribution < 1.29 is 24.2 Å². The van der Waals surface area contributed by atoms with E-state index in [-0.39, 0.29) is 11.6 Å². The third kappa shape index (κ3) is 3.67. The molecule has 4 atom stereocenters. The Hall–Kier alpha value is -0.433. The second kappa shape index (κ2) is 5.99. The molecule has 1 aliphatic carbocycles. The van der Waals surface area contributed by atoms with Gasteiger partial charge in [0.25, 0.3) is 0 Å². The van der Waals surface area contributed by atoms with Gasteiger partial charge in [0.05, 0.1) is 18.6 Å². The van der Waals surface area contributed by atoms with Gasteiger partial charge in [0.2, 0.25) is 0 Å². The van der Waals surface area contributed by atoms with Gasteiger partial charge in [0.15, 0.2) is 8.32 Å². The smallest absolute Gasteiger partial charge is 0.312 e. The first-order chi connectivity index (χ1) is 9.34. The standard InChI is InChI=1S/C15H30O5Si/c1-8-19-13(17)10-9-11(12(16)15(10,5)18)20-21(6,7)14(2,3)4/h10-12,16,18H,8-9H2,1-7H3/t10-,11-,12+,15-/m1/s1. The third-order valence-corrected chi connectivity index (χ3v) is 9.45. The monoisotopic (exact) mass is 318 g/mol. The van der Waals surface area contributed by atoms with Gasteiger partial charge in [-0.3, -0.25) is 4.79 Å². The minimum Gasteiger partial charge on any atom is -0.466 e. The Bertz CT molecular complexity index is 386. The molecule has 0 radical (unpaired) electrons. The van der Waals surface area contributed by atoms with Crippen molar-refractivity contribution in [1.29, 1.82) is 0 Å². The summed E-state index contributed by atoms with van der Waals surface area (Å²) in [6, 6.07) is 0. The highest BCUT2D eigenvalue weighted by Gasteiger charge is 2.56. The van der Waals surface area contributed by atoms with E-state index in [1.165, 1.54) is 6.92 Å². The fourth-order valence-corrected chi connectivity index (χ4v) is 3.76. The van der Waals surface area contributed by atoms with E-state index >= 15 is 0 Å². The Morgan fingerprint density at radius 2 is 1.90 bits per heavy atom. The average molecular weight is 318 g/mol. The van der Waals surface area contributed by atoms with Crippen LogP contribution in [0.5, 0.6) is 0 Å². The molecular weight excluding hydrogens is 288 g/mol. The largest absolute Gasteiger partial charge is 0.466 e. The van der Waals surface area contributed by atoms with E-state index in [2.05, 4.69) is 33.9 Å². The lowest BCUT2D eigenvalue weighted by Gasteiger charge is -2.39. The zero-order chi connectivity index (χ0) is 16.6. The molecule has 0 aromatic heterocycles. The highest BCUT2D eigenvalue weighted by molar-refractivity contribution is 6.74. The van der Waals surface area contributed by atoms with E-state index in [1.807, 2.05) is 0 Å². The quantitative estimate of drug-likeness (QED) is 0.613. The fraction of sp³-hybridized carbons (Fsp3) is 0.933. The van der Waals surface area contributed by atoms with Gasteiger partial charge in [-0.25, -0.2) is 0 Å². The van der Waals surface area contributed by atoms with Gasteiger partial charge in [-0.15, -0.1) is 0 Å². The summed E-state index contributed by atoms with van der Waals surface area (Å²) in [6.07, 6.45) is -1.32. The molecule has 0 unspecified atom stereocenters. The van der Waals surface area contributed by atoms with E-state index in [0.717, 1.165) is 0 Å². The Morgan fingerprint density at radius 3 is 2.33 bits per heavy atom. The summed E-state index contributed by atoms with van der Waals surface area (Å²) in [5, 5.41) is 20.8. The topological polar surface area (TPSA) is 76.0 Å². The summed E-state index contributed by atoms with van der Waals surface area (Å²) in [7, 11) is -2.08. The van der Waals surface area contributed by atoms with Gasteiger partial charge in [0.1, 0.15) is 11.7 Å². The molecule has 0 bridgehead atoms. The summed E-state index contributed by atoms with van der Waals surface area (Å²) < 4.78 is 11.2. The molecule has 6 heteroatoms. The van der Waals surface area contributed by atoms with Crippen LogP contribution in [0.4, 0.5) is 0 Å². The number of carbonyl (C=O) groups is 1. The number of aliphatic hydroxyl groups excluding tert-OH is 1. The molecule has 0 aliphatic heterocycles. The second-order valence-electron chi connectivity index (χ2n) is 7.63. The van der Waals surface area contributed by atoms with Gasteiger partial charge < -0.3 is 19.4 Å². The number of carbonyl (C=O) groups excluding carboxylic acids is 1. The van der Waals surface area contributed by atoms with E-state index in [1.54, 1.807) is 6.92 Å². The molecule has 1 rings (SSSR count). The van der Waals surface area contributed by atoms with Crippen molar-refractivity contribution >= 4 is 14.3 Å². The molecule has 21 heavy (non-hydrogen) atoms. The third-order valence-electron chi connectivity index (χ3n) is 4.95. The van der Waals surface area contributed by atoms with Crippen molar-refractivity contribution in [3.8, 4) is 0 Å². The van der Waals surface area contributed by atoms with E-state index < -0.39 is 38.0 Å². The molecule has 5 nitrogen and oxygen atoms in total. The van der Waals surface area contributed by atoms with Crippen LogP contribution in [0.3, 0.4) is 0 Å². The predicted molar refractivity (Wildman–Crippen MR) is 83.4 cm³/mol. The molecule has 0 aromatic rings. The number of esters is 1. The first-order valence-electron chi connectivity index (χ1n) is 7.59. The molecule has 2 N–H and O–H groups in total. The SMILES string of the molecule is CCOC(=O)[C@H]1C[C@@H](O[Si](C)(C)C(C)(C)C)[C@H](O)[C@]1(C)O. The Kier molecular flexibility index (Phi) is 5.31. The fourth-order valence-electron chi connectivity index (χ4n) is 2.43. The maximum absolute atomic E-state index is 12.0. The lowest BCUT2D eigenvalue weighted by atomic mass is 9.92. The minimum absolute atomic E-state index is 0.000587. The summed E-state index contributed by atoms with van der Waals surface area (Å²) >= 11 is 0. The summed E-state index contributed by atoms with van der Waals surface area (Å²) in [5.41, 5.74) is -1.51. The Labute approximate surface area is 128 Å². The number of rotatable bonds is 4. The van der Waals surface area contributed by atoms with Crippen LogP contribution in [0.1, 0.15) is 41.0 Å². The van der Waals surface area contributed by atoms with Crippen molar-refractivity contribution in [1.82, 2.24) is 0 Å². The molecule has 0 aromatic carbocycles. The van der Waals surface area contributed by atoms with Crippen LogP contribution in [0, 0.1) is 5.92 Å². The molecule has 0 spiro atoms. The van der Waals surface area contributed by atoms with Crippen LogP contribution >= 0.6 is 0 Å². The minimum atomic E-state index is -2.08. The van der Waals surface area contributed by atoms with E-state index in [9.17, 15) is 15.0 Å². The van der Waals surface area contributed by atoms with Crippen LogP contribution < -0.4 is 0 Å². The van der Waals surface area contributed by atoms with Gasteiger partial charge in [-0.2, -0.15) is 0 Å². The van der Waals surface area contributed by atoms with Gasteiger partial charge in [-0.05, 0) is 38.4 Å². The summed E-state index contributed by atoms with van der Waals surface area (Å²) in [4.78, 5) is 12.0. The zero-order valence-electron chi connectivity index (χ0n) is 14.3. The predicted octanol–water partition coefficient (Wildman–Crippen LogP) is 2.07. The number of hydrogen-bond donors (Lipinski definition) is 2. The van der Waals surface area contributed by atoms with Gasteiger partial charge in [-0.1, -0.05) is 20.8 Å². The average Bonchev–Trinajstić information content (AvgIpc) is 2.51. The van der Waals surface area contributed by atoms with Crippen molar-refractivity contribution in [3.63, 3.8) is 0 Å². The number of aliphatic hydroxyl groups is 2. The van der Waals surface area contributed by atoms with Crippen LogP contribution in [-0.4, -0.2) is 48.9 Å². The summed E-state index contributed by atoms with van der Waals surface area (Å²) in [6.45, 7) is 14.0. The molecule has 124 valence electrons. The zero-order valence-corrected chi connectivity index (χ0v) is 15.3. The number of ether oxygens (including phenoxy) is 1. The molecule has 0 saturated heterocycles. The van der Waals surface area contributed by atoms with E-state index in [4.69, 9.17) is 9.16 Å². The van der Waals surface area contributed by atoms with Crippen molar-refractivity contribution in [2.75, 3.05) is 6.61 Å². The highest BCUT2D eigenvalue weighted by Crippen LogP contribution is 2.43. The maximum Gasteiger partial charge on any atom is 0.312 e. The maximum atomic E-state index is 12.0. The second-order valence-corrected chi connectivity index (χ2v) is 12.4. The molecule has 0 heterocycles. The lowest BCUT2D eigenvalue weighted by Crippen LogP contribution is -2.50. The lowest BCUT2D eigenvalue weighted by molar-refractivity contribution is -0.160. The van der Waals surface area contributed by atoms with Crippen molar-refractivity contribution in [3.05, 3.63) is 0 Å². The van der Waals surface area contributed by atoms with Gasteiger partial charge >= 0.3 is 5.97 Å². The molecule has 1 fully saturated rings. The van der Waals surface area contributed by atoms with Crippen LogP contribution in [-0.2, 0) is 14.0 Å². The van der Waals surface area contributed by atoms with Crippen molar-refractivity contribution in [2.24, 2.45) is 5.92 Å². The van der Waals surface area contributed by atoms with Crippen LogP contribution in [0.15, 0.2) is 0 Å². The van der Waals surface area contributed by atoms with Crippen molar-refractivity contribution in [2.45, 2.75) is 77.0 Å². The Morgan fingerprint density at radius 1 is 1.38 bits per heavy atom. The van der Waals surface area contributed by atoms with Crippen LogP contribution in [0.25, 0.3) is 0 Å². The first kappa shape index (κ1) is 18.6. The van der Waals surface area contributed by atoms with Gasteiger partial charge in [0, 0.05) is 0 Å². The molecule has 0 amide bonds.